The van der Waals surface area contributed by atoms with Crippen LogP contribution in [0.4, 0.5) is 58.4 Å². The molecular weight excluding hydrogens is 876 g/mol. The van der Waals surface area contributed by atoms with Crippen molar-refractivity contribution < 1.29 is 59.1 Å². The van der Waals surface area contributed by atoms with Crippen molar-refractivity contribution in [1.29, 1.82) is 0 Å². The number of hydrogen-bond donors (Lipinski definition) is 3. The van der Waals surface area contributed by atoms with Crippen molar-refractivity contribution in [3.63, 3.8) is 0 Å². The number of benzene rings is 1. The third kappa shape index (κ3) is 10.0. The summed E-state index contributed by atoms with van der Waals surface area (Å²) < 4.78 is 109. The Balaban J connectivity index is 0.838. The van der Waals surface area contributed by atoms with Gasteiger partial charge >= 0.3 is 12.2 Å². The quantitative estimate of drug-likeness (QED) is 0.142. The van der Waals surface area contributed by atoms with E-state index < -0.39 is 65.9 Å². The second-order valence-corrected chi connectivity index (χ2v) is 16.3. The van der Waals surface area contributed by atoms with Gasteiger partial charge in [0.1, 0.15) is 24.3 Å². The normalized spacial score (nSPS) is 21.1. The Morgan fingerprint density at radius 1 is 1.00 bits per heavy atom. The van der Waals surface area contributed by atoms with Crippen LogP contribution in [0.5, 0.6) is 0 Å². The molecule has 65 heavy (non-hydrogen) atoms. The van der Waals surface area contributed by atoms with E-state index in [0.29, 0.717) is 51.9 Å². The summed E-state index contributed by atoms with van der Waals surface area (Å²) in [4.78, 5) is 65.1. The smallest absolute Gasteiger partial charge is 0.405 e. The van der Waals surface area contributed by atoms with Crippen molar-refractivity contribution in [2.24, 2.45) is 5.92 Å². The molecule has 5 amide bonds. The lowest BCUT2D eigenvalue weighted by atomic mass is 9.88. The van der Waals surface area contributed by atoms with Gasteiger partial charge in [0.2, 0.25) is 17.7 Å². The molecule has 1 atom stereocenters. The highest BCUT2D eigenvalue weighted by Crippen LogP contribution is 2.37. The van der Waals surface area contributed by atoms with Crippen molar-refractivity contribution in [2.75, 3.05) is 80.0 Å². The minimum Gasteiger partial charge on any atom is -0.444 e. The average molecular weight is 920 g/mol. The fourth-order valence-corrected chi connectivity index (χ4v) is 8.82. The first-order valence-corrected chi connectivity index (χ1v) is 20.8. The van der Waals surface area contributed by atoms with Crippen LogP contribution in [-0.4, -0.2) is 131 Å². The number of methoxy groups -OCH3 is 1. The Hall–Kier alpha value is -6.30. The van der Waals surface area contributed by atoms with E-state index in [9.17, 15) is 41.1 Å². The van der Waals surface area contributed by atoms with Gasteiger partial charge in [-0.25, -0.2) is 32.3 Å². The number of carbonyl (C=O) groups excluding carboxylic acids is 4. The third-order valence-electron chi connectivity index (χ3n) is 12.1. The third-order valence-corrected chi connectivity index (χ3v) is 12.1. The Bertz CT molecular complexity index is 2390. The minimum absolute atomic E-state index is 0.0819. The topological polar surface area (TPSA) is 183 Å². The van der Waals surface area contributed by atoms with E-state index in [1.54, 1.807) is 16.9 Å². The van der Waals surface area contributed by atoms with E-state index in [-0.39, 0.29) is 84.4 Å². The largest absolute Gasteiger partial charge is 0.444 e. The summed E-state index contributed by atoms with van der Waals surface area (Å²) in [5.41, 5.74) is -1.20. The van der Waals surface area contributed by atoms with Crippen LogP contribution in [0.25, 0.3) is 11.5 Å². The molecule has 0 bridgehead atoms. The molecule has 348 valence electrons. The summed E-state index contributed by atoms with van der Waals surface area (Å²) in [6.07, 6.45) is -1.45. The van der Waals surface area contributed by atoms with E-state index in [4.69, 9.17) is 9.15 Å². The van der Waals surface area contributed by atoms with E-state index >= 15 is 8.78 Å². The first-order valence-electron chi connectivity index (χ1n) is 20.8. The van der Waals surface area contributed by atoms with Gasteiger partial charge in [-0.2, -0.15) is 18.3 Å². The van der Waals surface area contributed by atoms with E-state index in [0.717, 1.165) is 23.3 Å². The van der Waals surface area contributed by atoms with Crippen LogP contribution in [0.3, 0.4) is 0 Å². The van der Waals surface area contributed by atoms with Crippen LogP contribution in [0.2, 0.25) is 0 Å². The number of carbonyl (C=O) groups is 4. The lowest BCUT2D eigenvalue weighted by molar-refractivity contribution is -0.141. The maximum atomic E-state index is 15.1. The molecule has 4 fully saturated rings. The summed E-state index contributed by atoms with van der Waals surface area (Å²) in [6.45, 7) is 0.766. The number of alkyl halides is 5. The predicted octanol–water partition coefficient (Wildman–Crippen LogP) is 5.60. The van der Waals surface area contributed by atoms with Gasteiger partial charge in [-0.05, 0) is 49.9 Å². The van der Waals surface area contributed by atoms with E-state index in [1.165, 1.54) is 29.2 Å². The molecule has 4 aromatic rings. The van der Waals surface area contributed by atoms with Gasteiger partial charge in [0.05, 0.1) is 30.3 Å². The summed E-state index contributed by atoms with van der Waals surface area (Å²) in [5.74, 6) is -4.02. The number of rotatable bonds is 13. The number of hydrogen-bond acceptors (Lipinski definition) is 12. The highest BCUT2D eigenvalue weighted by molar-refractivity contribution is 6.06. The van der Waals surface area contributed by atoms with Crippen molar-refractivity contribution in [3.8, 4) is 11.5 Å². The number of imide groups is 1. The van der Waals surface area contributed by atoms with Crippen LogP contribution < -0.4 is 25.8 Å². The molecule has 0 spiro atoms. The zero-order chi connectivity index (χ0) is 46.2. The second kappa shape index (κ2) is 18.7. The standard InChI is InChI=1S/C41H44F7N11O6/c1-64-19-27-17-55(39(62)23-15-56(16-23)26-13-28(42)35(29(43)14-26)58-9-7-33(60)53-40(58)63)10-11-57(27)24-2-4-25(5-3-24)59-18-30(34(54-59)36(44)45)51-37(61)31-20-65-38(52-31)22-6-8-49-32(12-22)50-21-41(46,47)48/h6,8,12-14,18,20,23-25,27,36H,2-5,7,9-11,15-17,19,21H2,1H3,(H,49,50)(H,51,61)(H,53,60,63)/t24?,25?,27-/m1/s1. The zero-order valence-electron chi connectivity index (χ0n) is 34.8. The van der Waals surface area contributed by atoms with Crippen LogP contribution >= 0.6 is 0 Å². The number of halogens is 7. The summed E-state index contributed by atoms with van der Waals surface area (Å²) >= 11 is 0. The number of pyridine rings is 1. The fourth-order valence-electron chi connectivity index (χ4n) is 8.82. The van der Waals surface area contributed by atoms with Gasteiger partial charge < -0.3 is 29.6 Å². The number of urea groups is 1. The molecule has 17 nitrogen and oxygen atoms in total. The number of anilines is 4. The molecule has 8 rings (SSSR count). The van der Waals surface area contributed by atoms with Gasteiger partial charge in [-0.3, -0.25) is 34.2 Å². The van der Waals surface area contributed by atoms with Crippen LogP contribution in [0, 0.1) is 17.6 Å². The molecule has 3 saturated heterocycles. The molecule has 1 saturated carbocycles. The highest BCUT2D eigenvalue weighted by Gasteiger charge is 2.41. The van der Waals surface area contributed by atoms with Crippen LogP contribution in [-0.2, 0) is 14.3 Å². The summed E-state index contributed by atoms with van der Waals surface area (Å²) in [6, 6.07) is 3.71. The molecule has 3 aromatic heterocycles. The van der Waals surface area contributed by atoms with Gasteiger partial charge in [-0.15, -0.1) is 0 Å². The van der Waals surface area contributed by atoms with Gasteiger partial charge in [0.15, 0.2) is 23.0 Å². The SMILES string of the molecule is COC[C@H]1CN(C(=O)C2CN(c3cc(F)c(N4CCC(=O)NC4=O)c(F)c3)C2)CCN1C1CCC(n2cc(NC(=O)c3coc(-c4ccnc(NCC(F)(F)F)c4)n3)c(C(F)F)n2)CC1. The van der Waals surface area contributed by atoms with Gasteiger partial charge in [-0.1, -0.05) is 0 Å². The lowest BCUT2D eigenvalue weighted by Gasteiger charge is -2.49. The van der Waals surface area contributed by atoms with Crippen molar-refractivity contribution >= 4 is 46.6 Å². The van der Waals surface area contributed by atoms with Crippen molar-refractivity contribution in [3.05, 3.63) is 65.9 Å². The number of aromatic nitrogens is 4. The second-order valence-electron chi connectivity index (χ2n) is 16.3. The molecule has 24 heteroatoms. The minimum atomic E-state index is -4.48. The first kappa shape index (κ1) is 45.3. The Morgan fingerprint density at radius 3 is 2.40 bits per heavy atom. The monoisotopic (exact) mass is 919 g/mol. The molecule has 3 aliphatic heterocycles. The van der Waals surface area contributed by atoms with Gasteiger partial charge in [0.25, 0.3) is 12.3 Å². The number of oxazole rings is 1. The Kier molecular flexibility index (Phi) is 13.0. The van der Waals surface area contributed by atoms with Crippen LogP contribution in [0.1, 0.15) is 60.8 Å². The zero-order valence-corrected chi connectivity index (χ0v) is 34.8. The highest BCUT2D eigenvalue weighted by atomic mass is 19.4. The van der Waals surface area contributed by atoms with Crippen molar-refractivity contribution in [2.45, 2.75) is 62.8 Å². The Morgan fingerprint density at radius 2 is 1.72 bits per heavy atom. The predicted molar refractivity (Wildman–Crippen MR) is 217 cm³/mol. The Labute approximate surface area is 366 Å². The lowest BCUT2D eigenvalue weighted by Crippen LogP contribution is -2.63. The van der Waals surface area contributed by atoms with Crippen molar-refractivity contribution in [1.82, 2.24) is 34.9 Å². The molecule has 6 heterocycles. The molecule has 0 unspecified atom stereocenters. The molecule has 3 N–H and O–H groups in total. The van der Waals surface area contributed by atoms with Gasteiger partial charge in [0, 0.05) is 82.5 Å². The number of amides is 5. The average Bonchev–Trinajstić information content (AvgIpc) is 3.92. The molecule has 0 radical (unpaired) electrons. The molecule has 1 aromatic carbocycles. The fraction of sp³-hybridized carbons (Fsp3) is 0.488. The number of ether oxygens (including phenoxy) is 1. The number of nitrogens with zero attached hydrogens (tertiary/aromatic N) is 8. The summed E-state index contributed by atoms with van der Waals surface area (Å²) in [7, 11) is 1.58. The molecular formula is C41H44F7N11O6. The number of piperazine rings is 1. The van der Waals surface area contributed by atoms with Crippen LogP contribution in [0.15, 0.2) is 47.3 Å². The van der Waals surface area contributed by atoms with E-state index in [1.807, 2.05) is 5.32 Å². The van der Waals surface area contributed by atoms with E-state index in [2.05, 4.69) is 30.6 Å². The maximum Gasteiger partial charge on any atom is 0.405 e. The molecule has 4 aliphatic rings. The summed E-state index contributed by atoms with van der Waals surface area (Å²) in [5, 5.41) is 10.8. The maximum absolute atomic E-state index is 15.1. The number of nitrogens with one attached hydrogen (secondary N) is 3. The molecule has 1 aliphatic carbocycles. The first-order chi connectivity index (χ1) is 31.0.